The molecule has 0 aromatic heterocycles. The quantitative estimate of drug-likeness (QED) is 0.730. The number of nitrogens with one attached hydrogen (secondary N) is 1. The number of anilines is 1. The van der Waals surface area contributed by atoms with Gasteiger partial charge in [0, 0.05) is 5.69 Å². The van der Waals surface area contributed by atoms with Crippen molar-refractivity contribution in [2.45, 2.75) is 32.4 Å². The molecular formula is C18H17F4NO. The minimum atomic E-state index is -4.82. The lowest BCUT2D eigenvalue weighted by atomic mass is 9.85. The van der Waals surface area contributed by atoms with Gasteiger partial charge >= 0.3 is 6.18 Å². The van der Waals surface area contributed by atoms with E-state index < -0.39 is 29.0 Å². The molecule has 1 amide bonds. The normalized spacial score (nSPS) is 12.1. The summed E-state index contributed by atoms with van der Waals surface area (Å²) in [4.78, 5) is 12.3. The molecular weight excluding hydrogens is 322 g/mol. The van der Waals surface area contributed by atoms with Crippen LogP contribution < -0.4 is 5.32 Å². The summed E-state index contributed by atoms with van der Waals surface area (Å²) in [6.07, 6.45) is -4.82. The van der Waals surface area contributed by atoms with E-state index in [1.165, 1.54) is 0 Å². The first-order chi connectivity index (χ1) is 11.0. The predicted octanol–water partition coefficient (Wildman–Crippen LogP) is 5.39. The Morgan fingerprint density at radius 3 is 2.08 bits per heavy atom. The van der Waals surface area contributed by atoms with Gasteiger partial charge in [0.05, 0.1) is 11.1 Å². The van der Waals surface area contributed by atoms with Crippen molar-refractivity contribution in [1.29, 1.82) is 0 Å². The minimum absolute atomic E-state index is 0.341. The van der Waals surface area contributed by atoms with Gasteiger partial charge in [0.1, 0.15) is 5.82 Å². The second-order valence-corrected chi connectivity index (χ2v) is 6.41. The summed E-state index contributed by atoms with van der Waals surface area (Å²) in [6.45, 7) is 5.71. The van der Waals surface area contributed by atoms with Crippen LogP contribution in [0.1, 0.15) is 42.3 Å². The van der Waals surface area contributed by atoms with Crippen LogP contribution in [0.3, 0.4) is 0 Å². The van der Waals surface area contributed by atoms with Crippen LogP contribution in [-0.4, -0.2) is 5.91 Å². The Kier molecular flexibility index (Phi) is 4.69. The van der Waals surface area contributed by atoms with E-state index in [4.69, 9.17) is 0 Å². The fraction of sp³-hybridized carbons (Fsp3) is 0.278. The van der Waals surface area contributed by atoms with Crippen molar-refractivity contribution < 1.29 is 22.4 Å². The lowest BCUT2D eigenvalue weighted by Crippen LogP contribution is -2.23. The Labute approximate surface area is 137 Å². The van der Waals surface area contributed by atoms with Gasteiger partial charge in [-0.05, 0) is 29.2 Å². The number of halogens is 4. The smallest absolute Gasteiger partial charge is 0.322 e. The summed E-state index contributed by atoms with van der Waals surface area (Å²) in [5.41, 5.74) is -1.55. The standard InChI is InChI=1S/C18H17F4NO/c1-17(2,3)11-7-4-5-10-14(11)23-16(24)15-12(18(20,21)22)8-6-9-13(15)19/h4-10H,1-3H3,(H,23,24). The highest BCUT2D eigenvalue weighted by Gasteiger charge is 2.37. The third kappa shape index (κ3) is 3.75. The van der Waals surface area contributed by atoms with E-state index in [9.17, 15) is 22.4 Å². The van der Waals surface area contributed by atoms with Crippen LogP contribution in [0.15, 0.2) is 42.5 Å². The van der Waals surface area contributed by atoms with E-state index in [0.29, 0.717) is 11.8 Å². The molecule has 0 radical (unpaired) electrons. The van der Waals surface area contributed by atoms with Crippen molar-refractivity contribution in [3.05, 3.63) is 65.0 Å². The maximum absolute atomic E-state index is 13.9. The van der Waals surface area contributed by atoms with E-state index in [0.717, 1.165) is 17.7 Å². The van der Waals surface area contributed by atoms with Crippen LogP contribution >= 0.6 is 0 Å². The molecule has 0 atom stereocenters. The number of hydrogen-bond acceptors (Lipinski definition) is 1. The molecule has 0 fully saturated rings. The fourth-order valence-electron chi connectivity index (χ4n) is 2.42. The molecule has 0 aliphatic heterocycles. The van der Waals surface area contributed by atoms with Crippen molar-refractivity contribution in [2.75, 3.05) is 5.32 Å². The first kappa shape index (κ1) is 18.0. The summed E-state index contributed by atoms with van der Waals surface area (Å²) < 4.78 is 53.1. The van der Waals surface area contributed by atoms with Crippen molar-refractivity contribution in [3.8, 4) is 0 Å². The second-order valence-electron chi connectivity index (χ2n) is 6.41. The monoisotopic (exact) mass is 339 g/mol. The molecule has 1 N–H and O–H groups in total. The average molecular weight is 339 g/mol. The molecule has 24 heavy (non-hydrogen) atoms. The molecule has 0 saturated carbocycles. The molecule has 0 bridgehead atoms. The largest absolute Gasteiger partial charge is 0.417 e. The predicted molar refractivity (Wildman–Crippen MR) is 84.5 cm³/mol. The number of para-hydroxylation sites is 1. The van der Waals surface area contributed by atoms with Gasteiger partial charge in [0.25, 0.3) is 5.91 Å². The van der Waals surface area contributed by atoms with Crippen LogP contribution in [-0.2, 0) is 11.6 Å². The molecule has 2 aromatic carbocycles. The van der Waals surface area contributed by atoms with Crippen molar-refractivity contribution >= 4 is 11.6 Å². The van der Waals surface area contributed by atoms with Crippen LogP contribution in [0.5, 0.6) is 0 Å². The molecule has 0 unspecified atom stereocenters. The van der Waals surface area contributed by atoms with Crippen molar-refractivity contribution in [1.82, 2.24) is 0 Å². The van der Waals surface area contributed by atoms with Gasteiger partial charge in [-0.3, -0.25) is 4.79 Å². The van der Waals surface area contributed by atoms with Crippen molar-refractivity contribution in [3.63, 3.8) is 0 Å². The van der Waals surface area contributed by atoms with Crippen LogP contribution in [0, 0.1) is 5.82 Å². The van der Waals surface area contributed by atoms with Crippen LogP contribution in [0.25, 0.3) is 0 Å². The van der Waals surface area contributed by atoms with Gasteiger partial charge in [-0.25, -0.2) is 4.39 Å². The lowest BCUT2D eigenvalue weighted by molar-refractivity contribution is -0.138. The first-order valence-electron chi connectivity index (χ1n) is 7.28. The molecule has 2 rings (SSSR count). The Balaban J connectivity index is 2.47. The van der Waals surface area contributed by atoms with Crippen LogP contribution in [0.2, 0.25) is 0 Å². The van der Waals surface area contributed by atoms with Gasteiger partial charge in [0.2, 0.25) is 0 Å². The maximum atomic E-state index is 13.9. The summed E-state index contributed by atoms with van der Waals surface area (Å²) in [5, 5.41) is 2.41. The lowest BCUT2D eigenvalue weighted by Gasteiger charge is -2.23. The zero-order chi connectivity index (χ0) is 18.1. The Bertz CT molecular complexity index is 760. The molecule has 2 nitrogen and oxygen atoms in total. The van der Waals surface area contributed by atoms with E-state index in [-0.39, 0.29) is 5.41 Å². The van der Waals surface area contributed by atoms with E-state index >= 15 is 0 Å². The summed E-state index contributed by atoms with van der Waals surface area (Å²) >= 11 is 0. The van der Waals surface area contributed by atoms with Crippen LogP contribution in [0.4, 0.5) is 23.2 Å². The highest BCUT2D eigenvalue weighted by atomic mass is 19.4. The number of rotatable bonds is 2. The van der Waals surface area contributed by atoms with E-state index in [1.54, 1.807) is 24.3 Å². The third-order valence-electron chi connectivity index (χ3n) is 3.53. The molecule has 0 spiro atoms. The summed E-state index contributed by atoms with van der Waals surface area (Å²) in [7, 11) is 0. The van der Waals surface area contributed by atoms with E-state index in [2.05, 4.69) is 5.32 Å². The molecule has 0 saturated heterocycles. The first-order valence-corrected chi connectivity index (χ1v) is 7.28. The molecule has 0 heterocycles. The maximum Gasteiger partial charge on any atom is 0.417 e. The van der Waals surface area contributed by atoms with Gasteiger partial charge in [-0.15, -0.1) is 0 Å². The van der Waals surface area contributed by atoms with Gasteiger partial charge in [-0.2, -0.15) is 13.2 Å². The van der Waals surface area contributed by atoms with Crippen molar-refractivity contribution in [2.24, 2.45) is 0 Å². The molecule has 0 aliphatic carbocycles. The van der Waals surface area contributed by atoms with Gasteiger partial charge in [-0.1, -0.05) is 45.0 Å². The Hall–Kier alpha value is -2.37. The fourth-order valence-corrected chi connectivity index (χ4v) is 2.42. The number of carbonyl (C=O) groups is 1. The summed E-state index contributed by atoms with van der Waals surface area (Å²) in [6, 6.07) is 9.21. The third-order valence-corrected chi connectivity index (χ3v) is 3.53. The second kappa shape index (κ2) is 6.26. The highest BCUT2D eigenvalue weighted by Crippen LogP contribution is 2.34. The SMILES string of the molecule is CC(C)(C)c1ccccc1NC(=O)c1c(F)cccc1C(F)(F)F. The minimum Gasteiger partial charge on any atom is -0.322 e. The molecule has 2 aromatic rings. The van der Waals surface area contributed by atoms with Gasteiger partial charge < -0.3 is 5.32 Å². The number of benzene rings is 2. The Morgan fingerprint density at radius 2 is 1.50 bits per heavy atom. The molecule has 128 valence electrons. The van der Waals surface area contributed by atoms with Gasteiger partial charge in [0.15, 0.2) is 0 Å². The molecule has 0 aliphatic rings. The number of hydrogen-bond donors (Lipinski definition) is 1. The zero-order valence-corrected chi connectivity index (χ0v) is 13.5. The van der Waals surface area contributed by atoms with E-state index in [1.807, 2.05) is 20.8 Å². The number of alkyl halides is 3. The Morgan fingerprint density at radius 1 is 0.917 bits per heavy atom. The zero-order valence-electron chi connectivity index (χ0n) is 13.5. The molecule has 6 heteroatoms. The number of amides is 1. The average Bonchev–Trinajstić information content (AvgIpc) is 2.45. The summed E-state index contributed by atoms with van der Waals surface area (Å²) in [5.74, 6) is -2.34. The number of carbonyl (C=O) groups excluding carboxylic acids is 1. The highest BCUT2D eigenvalue weighted by molar-refractivity contribution is 6.06. The topological polar surface area (TPSA) is 29.1 Å².